The highest BCUT2D eigenvalue weighted by Crippen LogP contribution is 2.38. The fraction of sp³-hybridized carbons (Fsp3) is 0.294. The lowest BCUT2D eigenvalue weighted by Crippen LogP contribution is -2.35. The van der Waals surface area contributed by atoms with Gasteiger partial charge in [-0.2, -0.15) is 0 Å². The molecule has 0 fully saturated rings. The van der Waals surface area contributed by atoms with E-state index < -0.39 is 10.0 Å². The van der Waals surface area contributed by atoms with Crippen molar-refractivity contribution in [2.45, 2.75) is 31.2 Å². The van der Waals surface area contributed by atoms with Crippen molar-refractivity contribution >= 4 is 15.7 Å². The fourth-order valence-electron chi connectivity index (χ4n) is 3.00. The van der Waals surface area contributed by atoms with E-state index in [2.05, 4.69) is 0 Å². The zero-order valence-corrected chi connectivity index (χ0v) is 13.7. The quantitative estimate of drug-likeness (QED) is 0.873. The van der Waals surface area contributed by atoms with Gasteiger partial charge in [0.15, 0.2) is 0 Å². The zero-order valence-electron chi connectivity index (χ0n) is 12.9. The molecule has 0 bridgehead atoms. The molecule has 0 aliphatic carbocycles. The molecule has 0 saturated heterocycles. The number of rotatable bonds is 3. The Kier molecular flexibility index (Phi) is 3.60. The van der Waals surface area contributed by atoms with E-state index in [1.54, 1.807) is 18.2 Å². The van der Waals surface area contributed by atoms with Crippen molar-refractivity contribution in [1.82, 2.24) is 0 Å². The Labute approximate surface area is 131 Å². The van der Waals surface area contributed by atoms with E-state index in [0.29, 0.717) is 5.75 Å². The maximum atomic E-state index is 13.1. The van der Waals surface area contributed by atoms with Crippen LogP contribution < -0.4 is 9.04 Å². The first-order valence-corrected chi connectivity index (χ1v) is 8.66. The van der Waals surface area contributed by atoms with Crippen LogP contribution in [0.1, 0.15) is 18.1 Å². The summed E-state index contributed by atoms with van der Waals surface area (Å²) in [7, 11) is -2.16. The van der Waals surface area contributed by atoms with Crippen molar-refractivity contribution in [2.24, 2.45) is 0 Å². The number of fused-ring (bicyclic) bond motifs is 1. The standard InChI is InChI=1S/C17H19NO3S/c1-12-8-9-17(16(10-12)21-3)22(19,20)18-13(2)11-14-6-4-5-7-15(14)18/h4-10,13H,11H2,1-3H3/t13-/m0/s1. The monoisotopic (exact) mass is 317 g/mol. The van der Waals surface area contributed by atoms with Gasteiger partial charge in [-0.1, -0.05) is 24.3 Å². The molecule has 22 heavy (non-hydrogen) atoms. The first-order chi connectivity index (χ1) is 10.4. The van der Waals surface area contributed by atoms with Gasteiger partial charge in [-0.05, 0) is 49.6 Å². The maximum Gasteiger partial charge on any atom is 0.268 e. The molecule has 0 aromatic heterocycles. The molecule has 2 aromatic rings. The van der Waals surface area contributed by atoms with E-state index in [9.17, 15) is 8.42 Å². The topological polar surface area (TPSA) is 46.6 Å². The van der Waals surface area contributed by atoms with Gasteiger partial charge in [0.2, 0.25) is 0 Å². The number of anilines is 1. The van der Waals surface area contributed by atoms with Crippen LogP contribution in [0.2, 0.25) is 0 Å². The summed E-state index contributed by atoms with van der Waals surface area (Å²) in [5, 5.41) is 0. The highest BCUT2D eigenvalue weighted by atomic mass is 32.2. The number of hydrogen-bond acceptors (Lipinski definition) is 3. The molecule has 5 heteroatoms. The fourth-order valence-corrected chi connectivity index (χ4v) is 4.83. The second kappa shape index (κ2) is 5.32. The molecule has 116 valence electrons. The summed E-state index contributed by atoms with van der Waals surface area (Å²) in [4.78, 5) is 0.212. The number of hydrogen-bond donors (Lipinski definition) is 0. The summed E-state index contributed by atoms with van der Waals surface area (Å²) in [6.07, 6.45) is 0.726. The Hall–Kier alpha value is -2.01. The zero-order chi connectivity index (χ0) is 15.9. The van der Waals surface area contributed by atoms with Gasteiger partial charge in [-0.15, -0.1) is 0 Å². The highest BCUT2D eigenvalue weighted by Gasteiger charge is 2.37. The minimum absolute atomic E-state index is 0.103. The van der Waals surface area contributed by atoms with Crippen molar-refractivity contribution in [2.75, 3.05) is 11.4 Å². The molecule has 0 radical (unpaired) electrons. The summed E-state index contributed by atoms with van der Waals surface area (Å²) in [6.45, 7) is 3.84. The number of ether oxygens (including phenoxy) is 1. The van der Waals surface area contributed by atoms with E-state index in [0.717, 1.165) is 23.2 Å². The summed E-state index contributed by atoms with van der Waals surface area (Å²) in [6, 6.07) is 12.7. The van der Waals surface area contributed by atoms with Crippen LogP contribution in [-0.2, 0) is 16.4 Å². The largest absolute Gasteiger partial charge is 0.495 e. The molecular formula is C17H19NO3S. The van der Waals surface area contributed by atoms with Crippen LogP contribution >= 0.6 is 0 Å². The Bertz CT molecular complexity index is 814. The van der Waals surface area contributed by atoms with Crippen LogP contribution in [0.5, 0.6) is 5.75 Å². The van der Waals surface area contributed by atoms with E-state index in [4.69, 9.17) is 4.74 Å². The molecular weight excluding hydrogens is 298 g/mol. The van der Waals surface area contributed by atoms with Crippen LogP contribution in [0.15, 0.2) is 47.4 Å². The van der Waals surface area contributed by atoms with Crippen molar-refractivity contribution in [1.29, 1.82) is 0 Å². The second-order valence-electron chi connectivity index (χ2n) is 5.64. The lowest BCUT2D eigenvalue weighted by atomic mass is 10.1. The smallest absolute Gasteiger partial charge is 0.268 e. The van der Waals surface area contributed by atoms with Gasteiger partial charge in [-0.25, -0.2) is 8.42 Å². The number of nitrogens with zero attached hydrogens (tertiary/aromatic N) is 1. The number of aryl methyl sites for hydroxylation is 1. The van der Waals surface area contributed by atoms with Crippen LogP contribution in [0.25, 0.3) is 0 Å². The predicted molar refractivity (Wildman–Crippen MR) is 87.0 cm³/mol. The van der Waals surface area contributed by atoms with Gasteiger partial charge in [0, 0.05) is 6.04 Å². The third kappa shape index (κ3) is 2.25. The van der Waals surface area contributed by atoms with Crippen LogP contribution in [0.3, 0.4) is 0 Å². The van der Waals surface area contributed by atoms with Gasteiger partial charge in [0.25, 0.3) is 10.0 Å². The lowest BCUT2D eigenvalue weighted by Gasteiger charge is -2.25. The maximum absolute atomic E-state index is 13.1. The number of methoxy groups -OCH3 is 1. The Morgan fingerprint density at radius 1 is 1.18 bits per heavy atom. The van der Waals surface area contributed by atoms with E-state index in [1.165, 1.54) is 11.4 Å². The molecule has 3 rings (SSSR count). The third-order valence-corrected chi connectivity index (χ3v) is 5.97. The highest BCUT2D eigenvalue weighted by molar-refractivity contribution is 7.93. The van der Waals surface area contributed by atoms with E-state index in [-0.39, 0.29) is 10.9 Å². The summed E-state index contributed by atoms with van der Waals surface area (Å²) < 4.78 is 33.1. The molecule has 0 amide bonds. The average Bonchev–Trinajstić information content (AvgIpc) is 2.83. The van der Waals surface area contributed by atoms with E-state index in [1.807, 2.05) is 38.1 Å². The molecule has 1 heterocycles. The first kappa shape index (κ1) is 14.9. The van der Waals surface area contributed by atoms with Crippen molar-refractivity contribution < 1.29 is 13.2 Å². The van der Waals surface area contributed by atoms with E-state index >= 15 is 0 Å². The minimum Gasteiger partial charge on any atom is -0.495 e. The predicted octanol–water partition coefficient (Wildman–Crippen LogP) is 3.14. The summed E-state index contributed by atoms with van der Waals surface area (Å²) in [5.74, 6) is 0.386. The number of sulfonamides is 1. The van der Waals surface area contributed by atoms with Crippen LogP contribution in [0, 0.1) is 6.92 Å². The first-order valence-electron chi connectivity index (χ1n) is 7.22. The lowest BCUT2D eigenvalue weighted by molar-refractivity contribution is 0.402. The molecule has 1 atom stereocenters. The van der Waals surface area contributed by atoms with Crippen molar-refractivity contribution in [3.8, 4) is 5.75 Å². The molecule has 4 nitrogen and oxygen atoms in total. The molecule has 1 aliphatic rings. The third-order valence-electron chi connectivity index (χ3n) is 4.00. The Balaban J connectivity index is 2.15. The van der Waals surface area contributed by atoms with Crippen LogP contribution in [-0.4, -0.2) is 21.6 Å². The SMILES string of the molecule is COc1cc(C)ccc1S(=O)(=O)N1c2ccccc2C[C@@H]1C. The molecule has 0 N–H and O–H groups in total. The van der Waals surface area contributed by atoms with Crippen molar-refractivity contribution in [3.05, 3.63) is 53.6 Å². The Morgan fingerprint density at radius 3 is 2.64 bits per heavy atom. The second-order valence-corrected chi connectivity index (χ2v) is 7.42. The molecule has 0 unspecified atom stereocenters. The average molecular weight is 317 g/mol. The molecule has 2 aromatic carbocycles. The normalized spacial score (nSPS) is 17.4. The molecule has 0 spiro atoms. The Morgan fingerprint density at radius 2 is 1.91 bits per heavy atom. The number of para-hydroxylation sites is 1. The van der Waals surface area contributed by atoms with Crippen LogP contribution in [0.4, 0.5) is 5.69 Å². The minimum atomic E-state index is -3.65. The van der Waals surface area contributed by atoms with Crippen molar-refractivity contribution in [3.63, 3.8) is 0 Å². The van der Waals surface area contributed by atoms with Gasteiger partial charge < -0.3 is 4.74 Å². The number of benzene rings is 2. The molecule has 0 saturated carbocycles. The van der Waals surface area contributed by atoms with Gasteiger partial charge in [0.05, 0.1) is 12.8 Å². The molecule has 1 aliphatic heterocycles. The summed E-state index contributed by atoms with van der Waals surface area (Å²) >= 11 is 0. The van der Waals surface area contributed by atoms with Gasteiger partial charge >= 0.3 is 0 Å². The summed E-state index contributed by atoms with van der Waals surface area (Å²) in [5.41, 5.74) is 2.79. The van der Waals surface area contributed by atoms with Gasteiger partial charge in [0.1, 0.15) is 10.6 Å². The van der Waals surface area contributed by atoms with Gasteiger partial charge in [-0.3, -0.25) is 4.31 Å².